The maximum absolute atomic E-state index is 2.47. The van der Waals surface area contributed by atoms with Gasteiger partial charge in [-0.05, 0) is 87.1 Å². The van der Waals surface area contributed by atoms with Gasteiger partial charge in [-0.25, -0.2) is 0 Å². The number of hydrogen-bond donors (Lipinski definition) is 0. The average Bonchev–Trinajstić information content (AvgIpc) is 3.79. The van der Waals surface area contributed by atoms with Crippen molar-refractivity contribution in [2.45, 2.75) is 0 Å². The molecule has 0 N–H and O–H groups in total. The molecule has 0 radical (unpaired) electrons. The topological polar surface area (TPSA) is 9.86 Å². The summed E-state index contributed by atoms with van der Waals surface area (Å²) in [5.41, 5.74) is 15.0. The van der Waals surface area contributed by atoms with E-state index >= 15 is 0 Å². The molecule has 0 atom stereocenters. The number of benzene rings is 8. The molecule has 2 heterocycles. The third kappa shape index (κ3) is 3.41. The van der Waals surface area contributed by atoms with Crippen LogP contribution in [0.1, 0.15) is 0 Å². The Balaban J connectivity index is 1.15. The predicted octanol–water partition coefficient (Wildman–Crippen LogP) is 12.3. The number of aromatic nitrogens is 2. The number of para-hydroxylation sites is 2. The van der Waals surface area contributed by atoms with Gasteiger partial charge in [0.05, 0.1) is 22.1 Å². The first-order valence-electron chi connectivity index (χ1n) is 16.6. The first-order chi connectivity index (χ1) is 23.8. The summed E-state index contributed by atoms with van der Waals surface area (Å²) in [5.74, 6) is 0. The van der Waals surface area contributed by atoms with Crippen molar-refractivity contribution in [2.24, 2.45) is 0 Å². The molecule has 0 saturated heterocycles. The molecule has 8 aromatic carbocycles. The largest absolute Gasteiger partial charge is 0.309 e. The van der Waals surface area contributed by atoms with Gasteiger partial charge in [-0.3, -0.25) is 0 Å². The minimum Gasteiger partial charge on any atom is -0.309 e. The lowest BCUT2D eigenvalue weighted by atomic mass is 9.98. The van der Waals surface area contributed by atoms with E-state index in [1.807, 2.05) is 0 Å². The summed E-state index contributed by atoms with van der Waals surface area (Å²) < 4.78 is 4.87. The zero-order valence-electron chi connectivity index (χ0n) is 26.1. The SMILES string of the molecule is c1ccc(-c2ccc(-n3c4ccccc4c4cc(-n5c6ccccc6c6c7c(ccc65)-c5cccc6cccc-7c56)ccc43)cc2)cc1. The van der Waals surface area contributed by atoms with Crippen molar-refractivity contribution < 1.29 is 0 Å². The highest BCUT2D eigenvalue weighted by Gasteiger charge is 2.26. The van der Waals surface area contributed by atoms with Gasteiger partial charge in [0, 0.05) is 38.5 Å². The highest BCUT2D eigenvalue weighted by Crippen LogP contribution is 2.52. The molecule has 0 aliphatic heterocycles. The Bertz CT molecular complexity index is 2920. The maximum Gasteiger partial charge on any atom is 0.0547 e. The summed E-state index contributed by atoms with van der Waals surface area (Å²) in [7, 11) is 0. The minimum atomic E-state index is 1.16. The molecule has 1 aliphatic rings. The summed E-state index contributed by atoms with van der Waals surface area (Å²) in [6.07, 6.45) is 0. The van der Waals surface area contributed by atoms with Crippen LogP contribution in [-0.2, 0) is 0 Å². The Morgan fingerprint density at radius 1 is 0.312 bits per heavy atom. The average molecular weight is 609 g/mol. The molecule has 2 heteroatoms. The number of rotatable bonds is 3. The van der Waals surface area contributed by atoms with E-state index in [0.717, 1.165) is 5.69 Å². The van der Waals surface area contributed by atoms with E-state index in [9.17, 15) is 0 Å². The molecular formula is C46H28N2. The number of fused-ring (bicyclic) bond motifs is 10. The van der Waals surface area contributed by atoms with Crippen LogP contribution in [-0.4, -0.2) is 9.13 Å². The van der Waals surface area contributed by atoms with Crippen LogP contribution in [0.4, 0.5) is 0 Å². The third-order valence-corrected chi connectivity index (χ3v) is 10.4. The van der Waals surface area contributed by atoms with Gasteiger partial charge in [0.25, 0.3) is 0 Å². The molecular weight excluding hydrogens is 581 g/mol. The highest BCUT2D eigenvalue weighted by atomic mass is 15.0. The Labute approximate surface area is 277 Å². The highest BCUT2D eigenvalue weighted by molar-refractivity contribution is 6.26. The van der Waals surface area contributed by atoms with Crippen LogP contribution >= 0.6 is 0 Å². The predicted molar refractivity (Wildman–Crippen MR) is 202 cm³/mol. The van der Waals surface area contributed by atoms with Crippen LogP contribution in [0.25, 0.3) is 99.1 Å². The number of nitrogens with zero attached hydrogens (tertiary/aromatic N) is 2. The molecule has 11 rings (SSSR count). The van der Waals surface area contributed by atoms with E-state index < -0.39 is 0 Å². The monoisotopic (exact) mass is 608 g/mol. The molecule has 2 nitrogen and oxygen atoms in total. The lowest BCUT2D eigenvalue weighted by Gasteiger charge is -2.11. The fraction of sp³-hybridized carbons (Fsp3) is 0. The molecule has 0 amide bonds. The molecule has 10 aromatic rings. The van der Waals surface area contributed by atoms with Crippen LogP contribution in [0, 0.1) is 0 Å². The summed E-state index contributed by atoms with van der Waals surface area (Å²) in [6.45, 7) is 0. The quantitative estimate of drug-likeness (QED) is 0.189. The Morgan fingerprint density at radius 3 is 1.73 bits per heavy atom. The summed E-state index contributed by atoms with van der Waals surface area (Å²) >= 11 is 0. The van der Waals surface area contributed by atoms with Gasteiger partial charge in [0.2, 0.25) is 0 Å². The lowest BCUT2D eigenvalue weighted by Crippen LogP contribution is -1.96. The van der Waals surface area contributed by atoms with Gasteiger partial charge in [-0.15, -0.1) is 0 Å². The van der Waals surface area contributed by atoms with E-state index in [1.54, 1.807) is 0 Å². The van der Waals surface area contributed by atoms with Gasteiger partial charge in [0.1, 0.15) is 0 Å². The Kier molecular flexibility index (Phi) is 5.14. The molecule has 0 unspecified atom stereocenters. The van der Waals surface area contributed by atoms with Gasteiger partial charge in [0.15, 0.2) is 0 Å². The van der Waals surface area contributed by atoms with Crippen molar-refractivity contribution in [3.8, 4) is 44.8 Å². The summed E-state index contributed by atoms with van der Waals surface area (Å²) in [4.78, 5) is 0. The van der Waals surface area contributed by atoms with E-state index in [0.29, 0.717) is 0 Å². The van der Waals surface area contributed by atoms with E-state index in [1.165, 1.54) is 93.5 Å². The maximum atomic E-state index is 2.47. The fourth-order valence-corrected chi connectivity index (χ4v) is 8.43. The van der Waals surface area contributed by atoms with E-state index in [2.05, 4.69) is 179 Å². The third-order valence-electron chi connectivity index (χ3n) is 10.4. The van der Waals surface area contributed by atoms with Crippen molar-refractivity contribution in [1.82, 2.24) is 9.13 Å². The normalized spacial score (nSPS) is 12.2. The van der Waals surface area contributed by atoms with Crippen LogP contribution in [0.15, 0.2) is 170 Å². The van der Waals surface area contributed by atoms with E-state index in [-0.39, 0.29) is 0 Å². The van der Waals surface area contributed by atoms with E-state index in [4.69, 9.17) is 0 Å². The van der Waals surface area contributed by atoms with Gasteiger partial charge in [-0.2, -0.15) is 0 Å². The Hall–Kier alpha value is -6.38. The van der Waals surface area contributed by atoms with Crippen molar-refractivity contribution in [3.05, 3.63) is 170 Å². The van der Waals surface area contributed by atoms with Gasteiger partial charge in [-0.1, -0.05) is 121 Å². The second-order valence-electron chi connectivity index (χ2n) is 12.9. The fourth-order valence-electron chi connectivity index (χ4n) is 8.43. The van der Waals surface area contributed by atoms with Crippen LogP contribution in [0.5, 0.6) is 0 Å². The van der Waals surface area contributed by atoms with Crippen LogP contribution in [0.2, 0.25) is 0 Å². The molecule has 48 heavy (non-hydrogen) atoms. The molecule has 0 saturated carbocycles. The van der Waals surface area contributed by atoms with Gasteiger partial charge >= 0.3 is 0 Å². The smallest absolute Gasteiger partial charge is 0.0547 e. The Morgan fingerprint density at radius 2 is 0.917 bits per heavy atom. The number of hydrogen-bond acceptors (Lipinski definition) is 0. The minimum absolute atomic E-state index is 1.16. The van der Waals surface area contributed by atoms with Crippen molar-refractivity contribution in [2.75, 3.05) is 0 Å². The first kappa shape index (κ1) is 25.8. The molecule has 222 valence electrons. The van der Waals surface area contributed by atoms with Crippen LogP contribution < -0.4 is 0 Å². The second kappa shape index (κ2) is 9.57. The van der Waals surface area contributed by atoms with Crippen molar-refractivity contribution in [1.29, 1.82) is 0 Å². The lowest BCUT2D eigenvalue weighted by molar-refractivity contribution is 1.17. The molecule has 1 aliphatic carbocycles. The molecule has 0 spiro atoms. The second-order valence-corrected chi connectivity index (χ2v) is 12.9. The van der Waals surface area contributed by atoms with Crippen molar-refractivity contribution in [3.63, 3.8) is 0 Å². The molecule has 2 aromatic heterocycles. The standard InChI is InChI=1S/C46H28N2/c1-2-10-29(11-3-1)30-20-22-32(23-21-30)47-40-18-6-4-14-34(40)39-28-33(24-26-42(39)47)48-41-19-7-5-15-37(41)46-43(48)27-25-36-35-16-8-12-31-13-9-17-38(44(31)35)45(36)46/h1-28H. The van der Waals surface area contributed by atoms with Crippen molar-refractivity contribution >= 4 is 54.4 Å². The molecule has 0 fully saturated rings. The zero-order chi connectivity index (χ0) is 31.3. The summed E-state index contributed by atoms with van der Waals surface area (Å²) in [5, 5.41) is 7.78. The van der Waals surface area contributed by atoms with Crippen LogP contribution in [0.3, 0.4) is 0 Å². The van der Waals surface area contributed by atoms with Gasteiger partial charge < -0.3 is 9.13 Å². The molecule has 0 bridgehead atoms. The zero-order valence-corrected chi connectivity index (χ0v) is 26.1. The summed E-state index contributed by atoms with van der Waals surface area (Å²) in [6, 6.07) is 62.3. The first-order valence-corrected chi connectivity index (χ1v) is 16.6.